The van der Waals surface area contributed by atoms with E-state index in [0.29, 0.717) is 5.15 Å². The average molecular weight is 232 g/mol. The monoisotopic (exact) mass is 231 g/mol. The first kappa shape index (κ1) is 11.8. The van der Waals surface area contributed by atoms with Crippen molar-refractivity contribution >= 4 is 23.4 Å². The van der Waals surface area contributed by atoms with E-state index in [-0.39, 0.29) is 6.04 Å². The summed E-state index contributed by atoms with van der Waals surface area (Å²) in [6, 6.07) is 0.277. The van der Waals surface area contributed by atoms with Gasteiger partial charge >= 0.3 is 0 Å². The number of nitrogens with two attached hydrogens (primary N) is 1. The van der Waals surface area contributed by atoms with Crippen LogP contribution in [0.5, 0.6) is 0 Å². The fraction of sp³-hybridized carbons (Fsp3) is 0.556. The molecule has 1 heterocycles. The van der Waals surface area contributed by atoms with E-state index in [1.54, 1.807) is 12.4 Å². The zero-order chi connectivity index (χ0) is 10.4. The molecular formula is C9H14ClN3S. The summed E-state index contributed by atoms with van der Waals surface area (Å²) in [5.41, 5.74) is 6.60. The first-order valence-corrected chi connectivity index (χ1v) is 6.01. The molecule has 0 saturated heterocycles. The summed E-state index contributed by atoms with van der Waals surface area (Å²) in [7, 11) is 0. The van der Waals surface area contributed by atoms with Gasteiger partial charge in [0.15, 0.2) is 0 Å². The fourth-order valence-electron chi connectivity index (χ4n) is 0.860. The van der Waals surface area contributed by atoms with Crippen LogP contribution in [0.2, 0.25) is 5.15 Å². The molecule has 0 saturated carbocycles. The Labute approximate surface area is 93.5 Å². The molecule has 5 heteroatoms. The van der Waals surface area contributed by atoms with Crippen molar-refractivity contribution in [3.8, 4) is 0 Å². The second-order valence-corrected chi connectivity index (χ2v) is 4.64. The van der Waals surface area contributed by atoms with Gasteiger partial charge in [0.1, 0.15) is 5.15 Å². The van der Waals surface area contributed by atoms with Gasteiger partial charge in [-0.25, -0.2) is 4.98 Å². The molecule has 1 rings (SSSR count). The molecule has 0 radical (unpaired) electrons. The lowest BCUT2D eigenvalue weighted by Gasteiger charge is -2.03. The van der Waals surface area contributed by atoms with Crippen LogP contribution in [0, 0.1) is 0 Å². The van der Waals surface area contributed by atoms with Gasteiger partial charge in [0.05, 0.1) is 18.1 Å². The molecule has 1 unspecified atom stereocenters. The van der Waals surface area contributed by atoms with Gasteiger partial charge in [0.2, 0.25) is 0 Å². The third-order valence-electron chi connectivity index (χ3n) is 1.64. The predicted octanol–water partition coefficient (Wildman–Crippen LogP) is 2.10. The Morgan fingerprint density at radius 2 is 2.29 bits per heavy atom. The number of rotatable bonds is 5. The minimum atomic E-state index is 0.277. The second kappa shape index (κ2) is 6.22. The SMILES string of the molecule is CC(N)CCSCc1cnc(Cl)cn1. The topological polar surface area (TPSA) is 51.8 Å². The standard InChI is InChI=1S/C9H14ClN3S/c1-7(11)2-3-14-6-8-4-13-9(10)5-12-8/h4-5,7H,2-3,6,11H2,1H3. The fourth-order valence-corrected chi connectivity index (χ4v) is 2.00. The third-order valence-corrected chi connectivity index (χ3v) is 2.86. The largest absolute Gasteiger partial charge is 0.328 e. The van der Waals surface area contributed by atoms with Crippen molar-refractivity contribution in [2.24, 2.45) is 5.73 Å². The van der Waals surface area contributed by atoms with Crippen LogP contribution in [0.1, 0.15) is 19.0 Å². The molecule has 3 nitrogen and oxygen atoms in total. The van der Waals surface area contributed by atoms with E-state index in [1.165, 1.54) is 0 Å². The summed E-state index contributed by atoms with van der Waals surface area (Å²) in [5, 5.41) is 0.439. The highest BCUT2D eigenvalue weighted by molar-refractivity contribution is 7.98. The van der Waals surface area contributed by atoms with Crippen LogP contribution in [0.25, 0.3) is 0 Å². The number of thioether (sulfide) groups is 1. The van der Waals surface area contributed by atoms with Crippen LogP contribution in [0.4, 0.5) is 0 Å². The molecule has 14 heavy (non-hydrogen) atoms. The molecule has 1 aromatic heterocycles. The van der Waals surface area contributed by atoms with Gasteiger partial charge in [-0.2, -0.15) is 11.8 Å². The Balaban J connectivity index is 2.21. The summed E-state index contributed by atoms with van der Waals surface area (Å²) in [6.07, 6.45) is 4.32. The van der Waals surface area contributed by atoms with Crippen molar-refractivity contribution in [3.05, 3.63) is 23.2 Å². The Bertz CT molecular complexity index is 263. The van der Waals surface area contributed by atoms with Gasteiger partial charge in [0.25, 0.3) is 0 Å². The van der Waals surface area contributed by atoms with Crippen molar-refractivity contribution < 1.29 is 0 Å². The Kier molecular flexibility index (Phi) is 5.22. The highest BCUT2D eigenvalue weighted by Crippen LogP contribution is 2.11. The van der Waals surface area contributed by atoms with Gasteiger partial charge in [-0.1, -0.05) is 11.6 Å². The van der Waals surface area contributed by atoms with Crippen molar-refractivity contribution in [1.82, 2.24) is 9.97 Å². The molecule has 0 spiro atoms. The predicted molar refractivity (Wildman–Crippen MR) is 61.5 cm³/mol. The lowest BCUT2D eigenvalue weighted by molar-refractivity contribution is 0.721. The number of hydrogen-bond acceptors (Lipinski definition) is 4. The zero-order valence-corrected chi connectivity index (χ0v) is 9.68. The number of aromatic nitrogens is 2. The molecule has 78 valence electrons. The lowest BCUT2D eigenvalue weighted by atomic mass is 10.3. The quantitative estimate of drug-likeness (QED) is 0.789. The summed E-state index contributed by atoms with van der Waals surface area (Å²) >= 11 is 7.43. The minimum absolute atomic E-state index is 0.277. The summed E-state index contributed by atoms with van der Waals surface area (Å²) in [5.74, 6) is 1.93. The Morgan fingerprint density at radius 1 is 1.50 bits per heavy atom. The molecule has 0 amide bonds. The molecule has 0 aliphatic heterocycles. The molecule has 1 aromatic rings. The summed E-state index contributed by atoms with van der Waals surface area (Å²) < 4.78 is 0. The van der Waals surface area contributed by atoms with Crippen molar-refractivity contribution in [2.75, 3.05) is 5.75 Å². The van der Waals surface area contributed by atoms with E-state index in [2.05, 4.69) is 9.97 Å². The summed E-state index contributed by atoms with van der Waals surface area (Å²) in [6.45, 7) is 2.02. The van der Waals surface area contributed by atoms with Crippen LogP contribution >= 0.6 is 23.4 Å². The molecule has 0 bridgehead atoms. The molecule has 0 aliphatic carbocycles. The molecule has 0 aliphatic rings. The first-order valence-electron chi connectivity index (χ1n) is 4.48. The van der Waals surface area contributed by atoms with Crippen LogP contribution in [0.3, 0.4) is 0 Å². The number of hydrogen-bond donors (Lipinski definition) is 1. The van der Waals surface area contributed by atoms with E-state index >= 15 is 0 Å². The van der Waals surface area contributed by atoms with Gasteiger partial charge in [-0.3, -0.25) is 4.98 Å². The smallest absolute Gasteiger partial charge is 0.147 e. The van der Waals surface area contributed by atoms with E-state index in [1.807, 2.05) is 18.7 Å². The highest BCUT2D eigenvalue weighted by Gasteiger charge is 1.98. The van der Waals surface area contributed by atoms with Crippen LogP contribution in [0.15, 0.2) is 12.4 Å². The minimum Gasteiger partial charge on any atom is -0.328 e. The van der Waals surface area contributed by atoms with E-state index in [9.17, 15) is 0 Å². The van der Waals surface area contributed by atoms with Gasteiger partial charge < -0.3 is 5.73 Å². The highest BCUT2D eigenvalue weighted by atomic mass is 35.5. The Morgan fingerprint density at radius 3 is 2.86 bits per heavy atom. The molecule has 2 N–H and O–H groups in total. The van der Waals surface area contributed by atoms with Crippen LogP contribution < -0.4 is 5.73 Å². The normalized spacial score (nSPS) is 12.8. The van der Waals surface area contributed by atoms with Gasteiger partial charge in [-0.15, -0.1) is 0 Å². The van der Waals surface area contributed by atoms with Gasteiger partial charge in [-0.05, 0) is 19.1 Å². The third kappa shape index (κ3) is 4.79. The maximum Gasteiger partial charge on any atom is 0.147 e. The number of nitrogens with zero attached hydrogens (tertiary/aromatic N) is 2. The molecule has 1 atom stereocenters. The van der Waals surface area contributed by atoms with Crippen molar-refractivity contribution in [1.29, 1.82) is 0 Å². The van der Waals surface area contributed by atoms with Crippen LogP contribution in [-0.2, 0) is 5.75 Å². The van der Waals surface area contributed by atoms with Gasteiger partial charge in [0, 0.05) is 11.8 Å². The molecule has 0 fully saturated rings. The lowest BCUT2D eigenvalue weighted by Crippen LogP contribution is -2.15. The van der Waals surface area contributed by atoms with Crippen molar-refractivity contribution in [2.45, 2.75) is 25.1 Å². The van der Waals surface area contributed by atoms with Crippen LogP contribution in [-0.4, -0.2) is 21.8 Å². The first-order chi connectivity index (χ1) is 6.68. The Hall–Kier alpha value is -0.320. The molecule has 0 aromatic carbocycles. The maximum atomic E-state index is 5.63. The summed E-state index contributed by atoms with van der Waals surface area (Å²) in [4.78, 5) is 8.11. The number of halogens is 1. The second-order valence-electron chi connectivity index (χ2n) is 3.15. The molecular weight excluding hydrogens is 218 g/mol. The maximum absolute atomic E-state index is 5.63. The van der Waals surface area contributed by atoms with Crippen molar-refractivity contribution in [3.63, 3.8) is 0 Å². The average Bonchev–Trinajstić information content (AvgIpc) is 2.15. The zero-order valence-electron chi connectivity index (χ0n) is 8.11. The van der Waals surface area contributed by atoms with E-state index < -0.39 is 0 Å². The van der Waals surface area contributed by atoms with E-state index in [0.717, 1.165) is 23.6 Å². The van der Waals surface area contributed by atoms with E-state index in [4.69, 9.17) is 17.3 Å².